The Morgan fingerprint density at radius 2 is 1.40 bits per heavy atom. The van der Waals surface area contributed by atoms with Gasteiger partial charge >= 0.3 is 5.97 Å². The molecule has 0 radical (unpaired) electrons. The number of nitrogens with one attached hydrogen (secondary N) is 1. The maximum absolute atomic E-state index is 13.0. The Morgan fingerprint density at radius 1 is 0.920 bits per heavy atom. The Kier molecular flexibility index (Phi) is 6.75. The number of amides is 1. The van der Waals surface area contributed by atoms with Gasteiger partial charge in [-0.15, -0.1) is 0 Å². The molecule has 4 nitrogen and oxygen atoms in total. The van der Waals surface area contributed by atoms with Crippen LogP contribution in [0, 0.1) is 5.92 Å². The van der Waals surface area contributed by atoms with Crippen LogP contribution in [0.5, 0.6) is 0 Å². The molecule has 0 aliphatic carbocycles. The van der Waals surface area contributed by atoms with Crippen molar-refractivity contribution in [2.24, 2.45) is 5.92 Å². The molecule has 0 bridgehead atoms. The van der Waals surface area contributed by atoms with Gasteiger partial charge in [0.15, 0.2) is 0 Å². The summed E-state index contributed by atoms with van der Waals surface area (Å²) in [6, 6.07) is 18.5. The van der Waals surface area contributed by atoms with E-state index in [1.165, 1.54) is 7.11 Å². The average molecular weight is 339 g/mol. The van der Waals surface area contributed by atoms with Crippen LogP contribution in [0.15, 0.2) is 60.7 Å². The van der Waals surface area contributed by atoms with E-state index >= 15 is 0 Å². The number of rotatable bonds is 7. The Balaban J connectivity index is 2.30. The topological polar surface area (TPSA) is 55.4 Å². The minimum absolute atomic E-state index is 0.201. The third kappa shape index (κ3) is 5.18. The predicted octanol–water partition coefficient (Wildman–Crippen LogP) is 3.52. The lowest BCUT2D eigenvalue weighted by Crippen LogP contribution is -2.44. The maximum atomic E-state index is 13.0. The number of benzene rings is 2. The van der Waals surface area contributed by atoms with Gasteiger partial charge in [0, 0.05) is 0 Å². The molecule has 0 spiro atoms. The Bertz CT molecular complexity index is 643. The third-order valence-electron chi connectivity index (χ3n) is 4.04. The van der Waals surface area contributed by atoms with Crippen LogP contribution >= 0.6 is 0 Å². The molecule has 0 unspecified atom stereocenters. The lowest BCUT2D eigenvalue weighted by molar-refractivity contribution is -0.145. The normalized spacial score (nSPS) is 12.0. The van der Waals surface area contributed by atoms with Gasteiger partial charge in [-0.3, -0.25) is 4.79 Å². The van der Waals surface area contributed by atoms with Crippen LogP contribution in [-0.2, 0) is 14.3 Å². The van der Waals surface area contributed by atoms with Crippen LogP contribution in [0.2, 0.25) is 0 Å². The van der Waals surface area contributed by atoms with Crippen LogP contribution in [0.3, 0.4) is 0 Å². The van der Waals surface area contributed by atoms with Gasteiger partial charge in [0.25, 0.3) is 0 Å². The second-order valence-electron chi connectivity index (χ2n) is 6.47. The van der Waals surface area contributed by atoms with Crippen molar-refractivity contribution < 1.29 is 14.3 Å². The van der Waals surface area contributed by atoms with Crippen LogP contribution in [0.4, 0.5) is 0 Å². The number of esters is 1. The molecule has 1 N–H and O–H groups in total. The average Bonchev–Trinajstić information content (AvgIpc) is 2.62. The summed E-state index contributed by atoms with van der Waals surface area (Å²) >= 11 is 0. The molecule has 0 saturated heterocycles. The predicted molar refractivity (Wildman–Crippen MR) is 98.1 cm³/mol. The summed E-state index contributed by atoms with van der Waals surface area (Å²) in [6.45, 7) is 4.02. The van der Waals surface area contributed by atoms with Crippen molar-refractivity contribution in [2.75, 3.05) is 7.11 Å². The van der Waals surface area contributed by atoms with Crippen molar-refractivity contribution >= 4 is 11.9 Å². The van der Waals surface area contributed by atoms with Gasteiger partial charge in [-0.2, -0.15) is 0 Å². The molecule has 0 heterocycles. The van der Waals surface area contributed by atoms with Gasteiger partial charge in [-0.25, -0.2) is 4.79 Å². The van der Waals surface area contributed by atoms with E-state index in [0.29, 0.717) is 6.42 Å². The fourth-order valence-electron chi connectivity index (χ4n) is 2.87. The highest BCUT2D eigenvalue weighted by Crippen LogP contribution is 2.25. The van der Waals surface area contributed by atoms with E-state index in [1.807, 2.05) is 74.5 Å². The summed E-state index contributed by atoms with van der Waals surface area (Å²) in [5.41, 5.74) is 1.78. The summed E-state index contributed by atoms with van der Waals surface area (Å²) in [5, 5.41) is 2.88. The first-order chi connectivity index (χ1) is 12.0. The highest BCUT2D eigenvalue weighted by Gasteiger charge is 2.28. The van der Waals surface area contributed by atoms with Crippen molar-refractivity contribution in [2.45, 2.75) is 32.2 Å². The first-order valence-corrected chi connectivity index (χ1v) is 8.51. The summed E-state index contributed by atoms with van der Waals surface area (Å²) in [6.07, 6.45) is 0.536. The van der Waals surface area contributed by atoms with E-state index in [4.69, 9.17) is 4.74 Å². The Labute approximate surface area is 149 Å². The SMILES string of the molecule is COC(=O)[C@@H](CC(C)C)NC(=O)C(c1ccccc1)c1ccccc1. The standard InChI is InChI=1S/C21H25NO3/c1-15(2)14-18(21(24)25-3)22-20(23)19(16-10-6-4-7-11-16)17-12-8-5-9-13-17/h4-13,15,18-19H,14H2,1-3H3,(H,22,23)/t18-/m1/s1. The molecule has 4 heteroatoms. The van der Waals surface area contributed by atoms with Gasteiger partial charge < -0.3 is 10.1 Å². The maximum Gasteiger partial charge on any atom is 0.328 e. The molecule has 2 aromatic carbocycles. The fourth-order valence-corrected chi connectivity index (χ4v) is 2.87. The minimum atomic E-state index is -0.646. The minimum Gasteiger partial charge on any atom is -0.467 e. The van der Waals surface area contributed by atoms with E-state index in [0.717, 1.165) is 11.1 Å². The van der Waals surface area contributed by atoms with Crippen molar-refractivity contribution in [1.82, 2.24) is 5.32 Å². The number of carbonyl (C=O) groups is 2. The molecule has 2 aromatic rings. The van der Waals surface area contributed by atoms with Crippen LogP contribution in [0.25, 0.3) is 0 Å². The highest BCUT2D eigenvalue weighted by molar-refractivity contribution is 5.91. The van der Waals surface area contributed by atoms with Crippen molar-refractivity contribution in [3.63, 3.8) is 0 Å². The first-order valence-electron chi connectivity index (χ1n) is 8.51. The van der Waals surface area contributed by atoms with Crippen LogP contribution < -0.4 is 5.32 Å². The van der Waals surface area contributed by atoms with Gasteiger partial charge in [0.2, 0.25) is 5.91 Å². The number of carbonyl (C=O) groups excluding carboxylic acids is 2. The van der Waals surface area contributed by atoms with Crippen molar-refractivity contribution in [3.05, 3.63) is 71.8 Å². The molecule has 1 amide bonds. The smallest absolute Gasteiger partial charge is 0.328 e. The summed E-state index contributed by atoms with van der Waals surface area (Å²) in [4.78, 5) is 25.1. The van der Waals surface area contributed by atoms with Crippen molar-refractivity contribution in [3.8, 4) is 0 Å². The van der Waals surface area contributed by atoms with Gasteiger partial charge in [-0.05, 0) is 23.5 Å². The molecule has 1 atom stereocenters. The number of hydrogen-bond donors (Lipinski definition) is 1. The van der Waals surface area contributed by atoms with E-state index in [9.17, 15) is 9.59 Å². The van der Waals surface area contributed by atoms with Gasteiger partial charge in [0.1, 0.15) is 6.04 Å². The zero-order valence-corrected chi connectivity index (χ0v) is 14.9. The second kappa shape index (κ2) is 9.02. The molecule has 0 saturated carbocycles. The lowest BCUT2D eigenvalue weighted by Gasteiger charge is -2.23. The molecule has 0 aliphatic heterocycles. The monoisotopic (exact) mass is 339 g/mol. The molecule has 2 rings (SSSR count). The summed E-state index contributed by atoms with van der Waals surface area (Å²) < 4.78 is 4.85. The zero-order chi connectivity index (χ0) is 18.2. The molecule has 132 valence electrons. The Hall–Kier alpha value is -2.62. The van der Waals surface area contributed by atoms with E-state index in [-0.39, 0.29) is 11.8 Å². The largest absolute Gasteiger partial charge is 0.467 e. The number of ether oxygens (including phenoxy) is 1. The molecule has 0 fully saturated rings. The summed E-state index contributed by atoms with van der Waals surface area (Å²) in [5.74, 6) is -0.826. The first kappa shape index (κ1) is 18.7. The van der Waals surface area contributed by atoms with Gasteiger partial charge in [-0.1, -0.05) is 74.5 Å². The third-order valence-corrected chi connectivity index (χ3v) is 4.04. The van der Waals surface area contributed by atoms with Gasteiger partial charge in [0.05, 0.1) is 13.0 Å². The zero-order valence-electron chi connectivity index (χ0n) is 14.9. The quantitative estimate of drug-likeness (QED) is 0.785. The van der Waals surface area contributed by atoms with E-state index in [1.54, 1.807) is 0 Å². The second-order valence-corrected chi connectivity index (χ2v) is 6.47. The van der Waals surface area contributed by atoms with Crippen LogP contribution in [0.1, 0.15) is 37.3 Å². The molecular weight excluding hydrogens is 314 g/mol. The molecule has 0 aliphatic rings. The molecule has 25 heavy (non-hydrogen) atoms. The lowest BCUT2D eigenvalue weighted by atomic mass is 9.90. The van der Waals surface area contributed by atoms with E-state index in [2.05, 4.69) is 5.32 Å². The molecule has 0 aromatic heterocycles. The van der Waals surface area contributed by atoms with E-state index < -0.39 is 17.9 Å². The highest BCUT2D eigenvalue weighted by atomic mass is 16.5. The molecular formula is C21H25NO3. The fraction of sp³-hybridized carbons (Fsp3) is 0.333. The number of methoxy groups -OCH3 is 1. The summed E-state index contributed by atoms with van der Waals surface area (Å²) in [7, 11) is 1.34. The van der Waals surface area contributed by atoms with Crippen LogP contribution in [-0.4, -0.2) is 25.0 Å². The Morgan fingerprint density at radius 3 is 1.80 bits per heavy atom. The number of hydrogen-bond acceptors (Lipinski definition) is 3. The van der Waals surface area contributed by atoms with Crippen molar-refractivity contribution in [1.29, 1.82) is 0 Å².